The van der Waals surface area contributed by atoms with E-state index in [2.05, 4.69) is 53.7 Å². The third kappa shape index (κ3) is 4.80. The maximum absolute atomic E-state index is 12.5. The summed E-state index contributed by atoms with van der Waals surface area (Å²) in [5.41, 5.74) is 4.35. The summed E-state index contributed by atoms with van der Waals surface area (Å²) in [6, 6.07) is 1.59. The molecule has 4 aliphatic rings. The van der Waals surface area contributed by atoms with Gasteiger partial charge in [0.1, 0.15) is 0 Å². The lowest BCUT2D eigenvalue weighted by molar-refractivity contribution is -0.131. The highest BCUT2D eigenvalue weighted by Crippen LogP contribution is 2.40. The zero-order valence-corrected chi connectivity index (χ0v) is 19.6. The SMILES string of the molecule is C=CCN1CCC2CCC(C1)N2C(C1=CCC(C(=O)N(C)C)C=C1)C1=CC(C)=CCC1. The maximum atomic E-state index is 12.5. The minimum Gasteiger partial charge on any atom is -0.348 e. The summed E-state index contributed by atoms with van der Waals surface area (Å²) in [7, 11) is 3.70. The van der Waals surface area contributed by atoms with Crippen molar-refractivity contribution in [2.45, 2.75) is 63.6 Å². The van der Waals surface area contributed by atoms with E-state index in [1.54, 1.807) is 10.5 Å². The predicted octanol–water partition coefficient (Wildman–Crippen LogP) is 4.34. The molecule has 2 bridgehead atoms. The minimum atomic E-state index is -0.0229. The van der Waals surface area contributed by atoms with E-state index in [1.807, 2.05) is 20.2 Å². The van der Waals surface area contributed by atoms with Crippen LogP contribution in [0.15, 0.2) is 59.8 Å². The van der Waals surface area contributed by atoms with Gasteiger partial charge < -0.3 is 4.90 Å². The topological polar surface area (TPSA) is 26.8 Å². The number of allylic oxidation sites excluding steroid dienone is 4. The Morgan fingerprint density at radius 3 is 2.74 bits per heavy atom. The number of likely N-dealkylation sites (tertiary alicyclic amines) is 1. The smallest absolute Gasteiger partial charge is 0.229 e. The zero-order valence-electron chi connectivity index (χ0n) is 19.6. The number of rotatable bonds is 6. The number of hydrogen-bond donors (Lipinski definition) is 0. The summed E-state index contributed by atoms with van der Waals surface area (Å²) >= 11 is 0. The molecule has 2 fully saturated rings. The van der Waals surface area contributed by atoms with E-state index in [9.17, 15) is 4.79 Å². The molecule has 2 heterocycles. The van der Waals surface area contributed by atoms with E-state index >= 15 is 0 Å². The molecule has 2 aliphatic carbocycles. The van der Waals surface area contributed by atoms with Crippen molar-refractivity contribution in [3.63, 3.8) is 0 Å². The van der Waals surface area contributed by atoms with Gasteiger partial charge in [0.15, 0.2) is 0 Å². The monoisotopic (exact) mass is 421 g/mol. The molecule has 0 N–H and O–H groups in total. The van der Waals surface area contributed by atoms with Gasteiger partial charge in [0, 0.05) is 45.8 Å². The number of carbonyl (C=O) groups is 1. The number of carbonyl (C=O) groups excluding carboxylic acids is 1. The van der Waals surface area contributed by atoms with Crippen LogP contribution >= 0.6 is 0 Å². The quantitative estimate of drug-likeness (QED) is 0.597. The Morgan fingerprint density at radius 2 is 2.06 bits per heavy atom. The molecule has 4 nitrogen and oxygen atoms in total. The highest BCUT2D eigenvalue weighted by molar-refractivity contribution is 5.80. The van der Waals surface area contributed by atoms with E-state index in [1.165, 1.54) is 37.0 Å². The van der Waals surface area contributed by atoms with Crippen LogP contribution < -0.4 is 0 Å². The second-order valence-electron chi connectivity index (χ2n) is 9.92. The predicted molar refractivity (Wildman–Crippen MR) is 129 cm³/mol. The van der Waals surface area contributed by atoms with Gasteiger partial charge >= 0.3 is 0 Å². The molecule has 0 saturated carbocycles. The Labute approximate surface area is 188 Å². The molecule has 0 aromatic rings. The normalized spacial score (nSPS) is 30.2. The standard InChI is InChI=1S/C27H39N3O/c1-5-16-29-17-15-24-13-14-25(19-29)30(24)26(23-8-6-7-20(2)18-23)21-9-11-22(12-10-21)27(31)28(3)4/h5,7,9-11,18,22,24-26H,1,6,8,12-17,19H2,2-4H3. The Hall–Kier alpha value is -1.91. The van der Waals surface area contributed by atoms with Crippen LogP contribution in [0.25, 0.3) is 0 Å². The van der Waals surface area contributed by atoms with E-state index in [4.69, 9.17) is 0 Å². The summed E-state index contributed by atoms with van der Waals surface area (Å²) in [6.45, 7) is 9.50. The summed E-state index contributed by atoms with van der Waals surface area (Å²) < 4.78 is 0. The van der Waals surface area contributed by atoms with Crippen LogP contribution in [0, 0.1) is 5.92 Å². The average molecular weight is 422 g/mol. The van der Waals surface area contributed by atoms with Crippen molar-refractivity contribution in [1.82, 2.24) is 14.7 Å². The van der Waals surface area contributed by atoms with Crippen molar-refractivity contribution in [3.8, 4) is 0 Å². The van der Waals surface area contributed by atoms with Gasteiger partial charge in [0.05, 0.1) is 12.0 Å². The van der Waals surface area contributed by atoms with Crippen molar-refractivity contribution < 1.29 is 4.79 Å². The van der Waals surface area contributed by atoms with Crippen LogP contribution in [0.4, 0.5) is 0 Å². The Balaban J connectivity index is 1.64. The minimum absolute atomic E-state index is 0.0229. The molecule has 4 rings (SSSR count). The van der Waals surface area contributed by atoms with E-state index in [-0.39, 0.29) is 11.8 Å². The second-order valence-corrected chi connectivity index (χ2v) is 9.92. The van der Waals surface area contributed by atoms with Crippen molar-refractivity contribution in [2.24, 2.45) is 5.92 Å². The first-order chi connectivity index (χ1) is 15.0. The fourth-order valence-electron chi connectivity index (χ4n) is 5.99. The first kappa shape index (κ1) is 22.3. The van der Waals surface area contributed by atoms with Crippen LogP contribution in [0.2, 0.25) is 0 Å². The number of nitrogens with zero attached hydrogens (tertiary/aromatic N) is 3. The van der Waals surface area contributed by atoms with Crippen molar-refractivity contribution >= 4 is 5.91 Å². The molecule has 0 radical (unpaired) electrons. The first-order valence-corrected chi connectivity index (χ1v) is 12.0. The van der Waals surface area contributed by atoms with Gasteiger partial charge in [-0.15, -0.1) is 6.58 Å². The summed E-state index contributed by atoms with van der Waals surface area (Å²) in [5, 5.41) is 0. The first-order valence-electron chi connectivity index (χ1n) is 12.0. The molecule has 0 aromatic heterocycles. The van der Waals surface area contributed by atoms with Crippen LogP contribution in [-0.4, -0.2) is 72.5 Å². The van der Waals surface area contributed by atoms with Crippen LogP contribution in [0.1, 0.15) is 45.4 Å². The highest BCUT2D eigenvalue weighted by Gasteiger charge is 2.43. The fraction of sp³-hybridized carbons (Fsp3) is 0.593. The van der Waals surface area contributed by atoms with Crippen molar-refractivity contribution in [3.05, 3.63) is 59.8 Å². The lowest BCUT2D eigenvalue weighted by Gasteiger charge is -2.40. The summed E-state index contributed by atoms with van der Waals surface area (Å²) in [5.74, 6) is 0.180. The van der Waals surface area contributed by atoms with Gasteiger partial charge in [-0.3, -0.25) is 14.6 Å². The molecule has 2 aliphatic heterocycles. The molecule has 0 aromatic carbocycles. The van der Waals surface area contributed by atoms with Crippen molar-refractivity contribution in [2.75, 3.05) is 33.7 Å². The number of fused-ring (bicyclic) bond motifs is 2. The second kappa shape index (κ2) is 9.70. The molecule has 4 atom stereocenters. The molecule has 2 saturated heterocycles. The third-order valence-corrected chi connectivity index (χ3v) is 7.48. The third-order valence-electron chi connectivity index (χ3n) is 7.48. The van der Waals surface area contributed by atoms with E-state index < -0.39 is 0 Å². The van der Waals surface area contributed by atoms with Crippen LogP contribution in [0.3, 0.4) is 0 Å². The zero-order chi connectivity index (χ0) is 22.0. The Morgan fingerprint density at radius 1 is 1.26 bits per heavy atom. The fourth-order valence-corrected chi connectivity index (χ4v) is 5.99. The summed E-state index contributed by atoms with van der Waals surface area (Å²) in [6.07, 6.45) is 20.5. The van der Waals surface area contributed by atoms with E-state index in [0.717, 1.165) is 32.4 Å². The molecular weight excluding hydrogens is 382 g/mol. The Kier molecular flexibility index (Phi) is 6.98. The van der Waals surface area contributed by atoms with Gasteiger partial charge in [0.25, 0.3) is 0 Å². The molecule has 31 heavy (non-hydrogen) atoms. The largest absolute Gasteiger partial charge is 0.348 e. The summed E-state index contributed by atoms with van der Waals surface area (Å²) in [4.78, 5) is 19.6. The lowest BCUT2D eigenvalue weighted by atomic mass is 9.84. The average Bonchev–Trinajstić information content (AvgIpc) is 3.04. The van der Waals surface area contributed by atoms with E-state index in [0.29, 0.717) is 18.1 Å². The van der Waals surface area contributed by atoms with Gasteiger partial charge in [-0.25, -0.2) is 0 Å². The lowest BCUT2D eigenvalue weighted by Crippen LogP contribution is -2.47. The number of amides is 1. The van der Waals surface area contributed by atoms with Gasteiger partial charge in [-0.2, -0.15) is 0 Å². The van der Waals surface area contributed by atoms with Crippen LogP contribution in [-0.2, 0) is 4.79 Å². The number of hydrogen-bond acceptors (Lipinski definition) is 3. The molecular formula is C27H39N3O. The Bertz CT molecular complexity index is 818. The van der Waals surface area contributed by atoms with Gasteiger partial charge in [-0.05, 0) is 56.6 Å². The molecule has 4 heteroatoms. The molecule has 4 unspecified atom stereocenters. The van der Waals surface area contributed by atoms with Gasteiger partial charge in [0.2, 0.25) is 5.91 Å². The maximum Gasteiger partial charge on any atom is 0.229 e. The molecule has 168 valence electrons. The highest BCUT2D eigenvalue weighted by atomic mass is 16.2. The van der Waals surface area contributed by atoms with Gasteiger partial charge in [-0.1, -0.05) is 42.0 Å². The molecule has 0 spiro atoms. The van der Waals surface area contributed by atoms with Crippen LogP contribution in [0.5, 0.6) is 0 Å². The molecule has 1 amide bonds. The van der Waals surface area contributed by atoms with Crippen molar-refractivity contribution in [1.29, 1.82) is 0 Å².